The van der Waals surface area contributed by atoms with E-state index >= 15 is 0 Å². The number of aliphatic hydroxyl groups excluding tert-OH is 1. The summed E-state index contributed by atoms with van der Waals surface area (Å²) < 4.78 is 13.9. The molecule has 24 heavy (non-hydrogen) atoms. The SMILES string of the molecule is OCc1ccccc1CN1CCN(Cc2c(F)cccc2Cl)CC1. The molecule has 0 radical (unpaired) electrons. The van der Waals surface area contributed by atoms with E-state index in [4.69, 9.17) is 11.6 Å². The minimum Gasteiger partial charge on any atom is -0.392 e. The summed E-state index contributed by atoms with van der Waals surface area (Å²) in [4.78, 5) is 4.60. The smallest absolute Gasteiger partial charge is 0.129 e. The van der Waals surface area contributed by atoms with Crippen molar-refractivity contribution >= 4 is 11.6 Å². The molecule has 0 saturated carbocycles. The van der Waals surface area contributed by atoms with Crippen LogP contribution in [0.15, 0.2) is 42.5 Å². The van der Waals surface area contributed by atoms with E-state index in [2.05, 4.69) is 15.9 Å². The van der Waals surface area contributed by atoms with E-state index in [0.29, 0.717) is 17.1 Å². The van der Waals surface area contributed by atoms with E-state index < -0.39 is 0 Å². The lowest BCUT2D eigenvalue weighted by atomic mass is 10.1. The van der Waals surface area contributed by atoms with Crippen molar-refractivity contribution < 1.29 is 9.50 Å². The molecule has 2 aromatic carbocycles. The molecule has 0 atom stereocenters. The van der Waals surface area contributed by atoms with Crippen LogP contribution in [-0.4, -0.2) is 41.1 Å². The van der Waals surface area contributed by atoms with Gasteiger partial charge in [-0.3, -0.25) is 9.80 Å². The van der Waals surface area contributed by atoms with Crippen LogP contribution in [0.25, 0.3) is 0 Å². The molecular weight excluding hydrogens is 327 g/mol. The minimum absolute atomic E-state index is 0.0714. The molecule has 1 aliphatic rings. The van der Waals surface area contributed by atoms with Crippen molar-refractivity contribution in [2.24, 2.45) is 0 Å². The number of piperazine rings is 1. The maximum atomic E-state index is 13.9. The summed E-state index contributed by atoms with van der Waals surface area (Å²) in [5.74, 6) is -0.234. The first-order valence-corrected chi connectivity index (χ1v) is 8.60. The van der Waals surface area contributed by atoms with Crippen molar-refractivity contribution in [2.75, 3.05) is 26.2 Å². The summed E-state index contributed by atoms with van der Waals surface area (Å²) in [6.45, 7) is 5.06. The van der Waals surface area contributed by atoms with E-state index in [-0.39, 0.29) is 12.4 Å². The van der Waals surface area contributed by atoms with Crippen LogP contribution in [0.3, 0.4) is 0 Å². The molecule has 1 aliphatic heterocycles. The third-order valence-electron chi connectivity index (χ3n) is 4.59. The van der Waals surface area contributed by atoms with E-state index in [1.807, 2.05) is 18.2 Å². The Kier molecular flexibility index (Phi) is 5.85. The standard InChI is InChI=1S/C19H22ClFN2O/c20-18-6-3-7-19(21)17(18)13-23-10-8-22(9-11-23)12-15-4-1-2-5-16(15)14-24/h1-7,24H,8-14H2. The highest BCUT2D eigenvalue weighted by Gasteiger charge is 2.19. The van der Waals surface area contributed by atoms with Gasteiger partial charge in [-0.15, -0.1) is 0 Å². The van der Waals surface area contributed by atoms with Crippen molar-refractivity contribution in [3.05, 3.63) is 70.0 Å². The molecule has 1 heterocycles. The second kappa shape index (κ2) is 8.08. The van der Waals surface area contributed by atoms with Crippen LogP contribution in [0.5, 0.6) is 0 Å². The molecule has 0 spiro atoms. The van der Waals surface area contributed by atoms with Gasteiger partial charge in [-0.1, -0.05) is 41.9 Å². The summed E-state index contributed by atoms with van der Waals surface area (Å²) in [5.41, 5.74) is 2.74. The van der Waals surface area contributed by atoms with Gasteiger partial charge in [0.1, 0.15) is 5.82 Å². The van der Waals surface area contributed by atoms with Gasteiger partial charge in [0.2, 0.25) is 0 Å². The Bertz CT molecular complexity index is 667. The molecule has 3 nitrogen and oxygen atoms in total. The summed E-state index contributed by atoms with van der Waals surface area (Å²) in [5, 5.41) is 9.93. The fourth-order valence-electron chi connectivity index (χ4n) is 3.12. The van der Waals surface area contributed by atoms with Crippen LogP contribution in [0, 0.1) is 5.82 Å². The minimum atomic E-state index is -0.234. The summed E-state index contributed by atoms with van der Waals surface area (Å²) in [6, 6.07) is 12.8. The first kappa shape index (κ1) is 17.4. The second-order valence-electron chi connectivity index (χ2n) is 6.18. The monoisotopic (exact) mass is 348 g/mol. The van der Waals surface area contributed by atoms with Crippen molar-refractivity contribution in [2.45, 2.75) is 19.7 Å². The molecule has 0 bridgehead atoms. The Morgan fingerprint density at radius 3 is 2.12 bits per heavy atom. The molecule has 0 amide bonds. The fourth-order valence-corrected chi connectivity index (χ4v) is 3.34. The Morgan fingerprint density at radius 2 is 1.50 bits per heavy atom. The average Bonchev–Trinajstić information content (AvgIpc) is 2.60. The van der Waals surface area contributed by atoms with Gasteiger partial charge in [-0.2, -0.15) is 0 Å². The van der Waals surface area contributed by atoms with E-state index in [9.17, 15) is 9.50 Å². The van der Waals surface area contributed by atoms with Crippen molar-refractivity contribution in [1.29, 1.82) is 0 Å². The molecule has 0 aliphatic carbocycles. The lowest BCUT2D eigenvalue weighted by Crippen LogP contribution is -2.45. The number of hydrogen-bond donors (Lipinski definition) is 1. The molecule has 0 unspecified atom stereocenters. The molecule has 1 saturated heterocycles. The normalized spacial score (nSPS) is 16.5. The molecule has 2 aromatic rings. The predicted molar refractivity (Wildman–Crippen MR) is 94.3 cm³/mol. The zero-order valence-electron chi connectivity index (χ0n) is 13.6. The molecule has 128 valence electrons. The number of halogens is 2. The maximum Gasteiger partial charge on any atom is 0.129 e. The van der Waals surface area contributed by atoms with Gasteiger partial charge < -0.3 is 5.11 Å². The molecule has 1 fully saturated rings. The molecule has 3 rings (SSSR count). The topological polar surface area (TPSA) is 26.7 Å². The molecular formula is C19H22ClFN2O. The lowest BCUT2D eigenvalue weighted by molar-refractivity contribution is 0.120. The van der Waals surface area contributed by atoms with Crippen LogP contribution in [0.4, 0.5) is 4.39 Å². The average molecular weight is 349 g/mol. The van der Waals surface area contributed by atoms with Crippen LogP contribution in [0.2, 0.25) is 5.02 Å². The Hall–Kier alpha value is -1.46. The van der Waals surface area contributed by atoms with Gasteiger partial charge in [0.25, 0.3) is 0 Å². The third kappa shape index (κ3) is 4.14. The molecule has 1 N–H and O–H groups in total. The van der Waals surface area contributed by atoms with E-state index in [1.165, 1.54) is 11.6 Å². The van der Waals surface area contributed by atoms with Gasteiger partial charge in [0.15, 0.2) is 0 Å². The number of benzene rings is 2. The van der Waals surface area contributed by atoms with Gasteiger partial charge in [0.05, 0.1) is 6.61 Å². The van der Waals surface area contributed by atoms with Gasteiger partial charge in [0, 0.05) is 49.9 Å². The van der Waals surface area contributed by atoms with Crippen molar-refractivity contribution in [1.82, 2.24) is 9.80 Å². The van der Waals surface area contributed by atoms with Crippen LogP contribution < -0.4 is 0 Å². The summed E-state index contributed by atoms with van der Waals surface area (Å²) >= 11 is 6.12. The van der Waals surface area contributed by atoms with Gasteiger partial charge in [-0.05, 0) is 23.3 Å². The van der Waals surface area contributed by atoms with Crippen LogP contribution in [-0.2, 0) is 19.7 Å². The maximum absolute atomic E-state index is 13.9. The number of aliphatic hydroxyl groups is 1. The van der Waals surface area contributed by atoms with Gasteiger partial charge in [-0.25, -0.2) is 4.39 Å². The number of hydrogen-bond acceptors (Lipinski definition) is 3. The fraction of sp³-hybridized carbons (Fsp3) is 0.368. The van der Waals surface area contributed by atoms with Crippen LogP contribution >= 0.6 is 11.6 Å². The summed E-state index contributed by atoms with van der Waals surface area (Å²) in [6.07, 6.45) is 0. The zero-order chi connectivity index (χ0) is 16.9. The largest absolute Gasteiger partial charge is 0.392 e. The highest BCUT2D eigenvalue weighted by atomic mass is 35.5. The highest BCUT2D eigenvalue weighted by Crippen LogP contribution is 2.22. The lowest BCUT2D eigenvalue weighted by Gasteiger charge is -2.35. The summed E-state index contributed by atoms with van der Waals surface area (Å²) in [7, 11) is 0. The highest BCUT2D eigenvalue weighted by molar-refractivity contribution is 6.31. The van der Waals surface area contributed by atoms with Crippen molar-refractivity contribution in [3.8, 4) is 0 Å². The second-order valence-corrected chi connectivity index (χ2v) is 6.59. The predicted octanol–water partition coefficient (Wildman–Crippen LogP) is 3.29. The first-order valence-electron chi connectivity index (χ1n) is 8.22. The Morgan fingerprint density at radius 1 is 0.875 bits per heavy atom. The first-order chi connectivity index (χ1) is 11.7. The zero-order valence-corrected chi connectivity index (χ0v) is 14.3. The molecule has 0 aromatic heterocycles. The van der Waals surface area contributed by atoms with E-state index in [0.717, 1.165) is 38.3 Å². The van der Waals surface area contributed by atoms with Crippen molar-refractivity contribution in [3.63, 3.8) is 0 Å². The Balaban J connectivity index is 1.56. The van der Waals surface area contributed by atoms with Crippen LogP contribution in [0.1, 0.15) is 16.7 Å². The quantitative estimate of drug-likeness (QED) is 0.898. The molecule has 5 heteroatoms. The van der Waals surface area contributed by atoms with Gasteiger partial charge >= 0.3 is 0 Å². The third-order valence-corrected chi connectivity index (χ3v) is 4.95. The van der Waals surface area contributed by atoms with E-state index in [1.54, 1.807) is 12.1 Å². The number of rotatable bonds is 5. The number of nitrogens with zero attached hydrogens (tertiary/aromatic N) is 2. The Labute approximate surface area is 147 Å².